The Labute approximate surface area is 162 Å². The summed E-state index contributed by atoms with van der Waals surface area (Å²) in [5, 5.41) is 2.13. The van der Waals surface area contributed by atoms with E-state index in [9.17, 15) is 14.0 Å². The molecule has 0 aromatic heterocycles. The summed E-state index contributed by atoms with van der Waals surface area (Å²) in [7, 11) is 0. The molecule has 0 saturated heterocycles. The molecule has 0 bridgehead atoms. The molecular weight excluding hydrogens is 369 g/mol. The Hall–Kier alpha value is -3.00. The van der Waals surface area contributed by atoms with Crippen molar-refractivity contribution in [2.45, 2.75) is 13.8 Å². The van der Waals surface area contributed by atoms with Gasteiger partial charge in [0.15, 0.2) is 5.11 Å². The molecule has 142 valence electrons. The first-order valence-corrected chi connectivity index (χ1v) is 8.66. The maximum absolute atomic E-state index is 13.6. The lowest BCUT2D eigenvalue weighted by Crippen LogP contribution is -2.48. The predicted octanol–water partition coefficient (Wildman–Crippen LogP) is 2.81. The second-order valence-corrected chi connectivity index (χ2v) is 6.48. The van der Waals surface area contributed by atoms with Gasteiger partial charge in [0, 0.05) is 5.56 Å². The molecule has 8 heteroatoms. The van der Waals surface area contributed by atoms with Crippen LogP contribution in [-0.2, 0) is 0 Å². The maximum Gasteiger partial charge on any atom is 0.269 e. The number of benzene rings is 2. The molecule has 2 amide bonds. The number of hydrogen-bond acceptors (Lipinski definition) is 4. The van der Waals surface area contributed by atoms with E-state index in [1.165, 1.54) is 24.3 Å². The lowest BCUT2D eigenvalue weighted by atomic mass is 10.2. The highest BCUT2D eigenvalue weighted by Crippen LogP contribution is 2.13. The van der Waals surface area contributed by atoms with Crippen LogP contribution < -0.4 is 20.9 Å². The Kier molecular flexibility index (Phi) is 7.25. The molecule has 27 heavy (non-hydrogen) atoms. The topological polar surface area (TPSA) is 79.5 Å². The number of hydrogen-bond donors (Lipinski definition) is 3. The van der Waals surface area contributed by atoms with Crippen molar-refractivity contribution in [1.29, 1.82) is 0 Å². The van der Waals surface area contributed by atoms with Gasteiger partial charge in [-0.3, -0.25) is 25.8 Å². The van der Waals surface area contributed by atoms with Crippen LogP contribution in [0.5, 0.6) is 5.75 Å². The summed E-state index contributed by atoms with van der Waals surface area (Å²) in [5.74, 6) is -0.764. The Balaban J connectivity index is 1.83. The quantitative estimate of drug-likeness (QED) is 0.541. The molecule has 3 N–H and O–H groups in total. The molecule has 2 rings (SSSR count). The number of nitrogens with one attached hydrogen (secondary N) is 3. The van der Waals surface area contributed by atoms with E-state index in [4.69, 9.17) is 17.0 Å². The minimum Gasteiger partial charge on any atom is -0.493 e. The number of halogens is 1. The molecule has 2 aromatic carbocycles. The highest BCUT2D eigenvalue weighted by atomic mass is 32.1. The summed E-state index contributed by atoms with van der Waals surface area (Å²) in [5.41, 5.74) is 4.99. The zero-order valence-corrected chi connectivity index (χ0v) is 15.7. The number of amides is 2. The molecule has 0 atom stereocenters. The normalized spacial score (nSPS) is 10.2. The average Bonchev–Trinajstić information content (AvgIpc) is 2.65. The molecule has 0 aliphatic heterocycles. The van der Waals surface area contributed by atoms with Gasteiger partial charge in [0.25, 0.3) is 11.8 Å². The van der Waals surface area contributed by atoms with Crippen LogP contribution >= 0.6 is 12.2 Å². The van der Waals surface area contributed by atoms with Crippen molar-refractivity contribution in [3.63, 3.8) is 0 Å². The molecule has 0 unspecified atom stereocenters. The fourth-order valence-electron chi connectivity index (χ4n) is 2.00. The molecule has 6 nitrogen and oxygen atoms in total. The SMILES string of the molecule is CC(C)COc1ccc(C(=O)NNC(=S)NC(=O)c2ccccc2F)cc1. The second kappa shape index (κ2) is 9.63. The average molecular weight is 389 g/mol. The van der Waals surface area contributed by atoms with Gasteiger partial charge in [0.1, 0.15) is 11.6 Å². The number of hydrazine groups is 1. The summed E-state index contributed by atoms with van der Waals surface area (Å²) in [6.07, 6.45) is 0. The van der Waals surface area contributed by atoms with E-state index in [-0.39, 0.29) is 10.7 Å². The van der Waals surface area contributed by atoms with E-state index < -0.39 is 17.6 Å². The summed E-state index contributed by atoms with van der Waals surface area (Å²) in [4.78, 5) is 24.0. The predicted molar refractivity (Wildman–Crippen MR) is 104 cm³/mol. The number of carbonyl (C=O) groups excluding carboxylic acids is 2. The van der Waals surface area contributed by atoms with E-state index in [2.05, 4.69) is 16.2 Å². The molecule has 0 heterocycles. The maximum atomic E-state index is 13.6. The van der Waals surface area contributed by atoms with E-state index in [0.717, 1.165) is 0 Å². The van der Waals surface area contributed by atoms with Crippen molar-refractivity contribution in [2.75, 3.05) is 6.61 Å². The zero-order chi connectivity index (χ0) is 19.8. The Bertz CT molecular complexity index is 825. The second-order valence-electron chi connectivity index (χ2n) is 6.07. The lowest BCUT2D eigenvalue weighted by Gasteiger charge is -2.12. The van der Waals surface area contributed by atoms with Crippen molar-refractivity contribution in [1.82, 2.24) is 16.2 Å². The molecule has 0 fully saturated rings. The highest BCUT2D eigenvalue weighted by Gasteiger charge is 2.13. The van der Waals surface area contributed by atoms with E-state index in [0.29, 0.717) is 23.8 Å². The monoisotopic (exact) mass is 389 g/mol. The third-order valence-corrected chi connectivity index (χ3v) is 3.54. The van der Waals surface area contributed by atoms with Crippen molar-refractivity contribution < 1.29 is 18.7 Å². The van der Waals surface area contributed by atoms with Gasteiger partial charge in [-0.1, -0.05) is 26.0 Å². The van der Waals surface area contributed by atoms with Crippen LogP contribution in [0.4, 0.5) is 4.39 Å². The van der Waals surface area contributed by atoms with Crippen LogP contribution in [0, 0.1) is 11.7 Å². The van der Waals surface area contributed by atoms with Crippen LogP contribution in [0.25, 0.3) is 0 Å². The molecule has 0 aliphatic rings. The highest BCUT2D eigenvalue weighted by molar-refractivity contribution is 7.80. The fourth-order valence-corrected chi connectivity index (χ4v) is 2.14. The first-order valence-electron chi connectivity index (χ1n) is 8.26. The van der Waals surface area contributed by atoms with Gasteiger partial charge >= 0.3 is 0 Å². The summed E-state index contributed by atoms with van der Waals surface area (Å²) < 4.78 is 19.1. The Morgan fingerprint density at radius 1 is 1.04 bits per heavy atom. The number of thiocarbonyl (C=S) groups is 1. The van der Waals surface area contributed by atoms with Gasteiger partial charge < -0.3 is 4.74 Å². The van der Waals surface area contributed by atoms with E-state index in [1.54, 1.807) is 24.3 Å². The van der Waals surface area contributed by atoms with Crippen molar-refractivity contribution in [3.05, 3.63) is 65.5 Å². The smallest absolute Gasteiger partial charge is 0.269 e. The molecule has 0 aliphatic carbocycles. The molecule has 0 spiro atoms. The van der Waals surface area contributed by atoms with Crippen LogP contribution in [-0.4, -0.2) is 23.5 Å². The Morgan fingerprint density at radius 3 is 2.33 bits per heavy atom. The van der Waals surface area contributed by atoms with Gasteiger partial charge in [0.2, 0.25) is 0 Å². The van der Waals surface area contributed by atoms with Gasteiger partial charge in [-0.25, -0.2) is 4.39 Å². The first kappa shape index (κ1) is 20.3. The Morgan fingerprint density at radius 2 is 1.70 bits per heavy atom. The van der Waals surface area contributed by atoms with Gasteiger partial charge in [-0.05, 0) is 54.5 Å². The van der Waals surface area contributed by atoms with Gasteiger partial charge in [-0.2, -0.15) is 0 Å². The van der Waals surface area contributed by atoms with Gasteiger partial charge in [-0.15, -0.1) is 0 Å². The summed E-state index contributed by atoms with van der Waals surface area (Å²) in [6.45, 7) is 4.67. The zero-order valence-electron chi connectivity index (χ0n) is 14.9. The number of ether oxygens (including phenoxy) is 1. The first-order chi connectivity index (χ1) is 12.9. The van der Waals surface area contributed by atoms with Crippen LogP contribution in [0.1, 0.15) is 34.6 Å². The van der Waals surface area contributed by atoms with Crippen LogP contribution in [0.2, 0.25) is 0 Å². The third kappa shape index (κ3) is 6.34. The van der Waals surface area contributed by atoms with Crippen molar-refractivity contribution in [3.8, 4) is 5.75 Å². The molecule has 2 aromatic rings. The third-order valence-electron chi connectivity index (χ3n) is 3.33. The number of rotatable bonds is 5. The largest absolute Gasteiger partial charge is 0.493 e. The molecular formula is C19H20FN3O3S. The van der Waals surface area contributed by atoms with E-state index in [1.807, 2.05) is 13.8 Å². The van der Waals surface area contributed by atoms with Gasteiger partial charge in [0.05, 0.1) is 12.2 Å². The fraction of sp³-hybridized carbons (Fsp3) is 0.211. The van der Waals surface area contributed by atoms with Crippen LogP contribution in [0.15, 0.2) is 48.5 Å². The molecule has 0 radical (unpaired) electrons. The minimum absolute atomic E-state index is 0.148. The van der Waals surface area contributed by atoms with E-state index >= 15 is 0 Å². The molecule has 0 saturated carbocycles. The summed E-state index contributed by atoms with van der Waals surface area (Å²) in [6, 6.07) is 12.1. The minimum atomic E-state index is -0.716. The summed E-state index contributed by atoms with van der Waals surface area (Å²) >= 11 is 4.92. The lowest BCUT2D eigenvalue weighted by molar-refractivity contribution is 0.0933. The standard InChI is InChI=1S/C19H20FN3O3S/c1-12(2)11-26-14-9-7-13(8-10-14)17(24)22-23-19(27)21-18(25)15-5-3-4-6-16(15)20/h3-10,12H,11H2,1-2H3,(H,22,24)(H2,21,23,25,27). The van der Waals surface area contributed by atoms with Crippen molar-refractivity contribution in [2.24, 2.45) is 5.92 Å². The number of carbonyl (C=O) groups is 2. The van der Waals surface area contributed by atoms with Crippen molar-refractivity contribution >= 4 is 29.1 Å². The van der Waals surface area contributed by atoms with Crippen LogP contribution in [0.3, 0.4) is 0 Å².